The average molecular weight is 401 g/mol. The highest BCUT2D eigenvalue weighted by Crippen LogP contribution is 2.26. The molecule has 3 N–H and O–H groups in total. The number of carbonyl (C=O) groups is 1. The lowest BCUT2D eigenvalue weighted by molar-refractivity contribution is -0.117. The molecule has 0 saturated heterocycles. The molecule has 0 bridgehead atoms. The summed E-state index contributed by atoms with van der Waals surface area (Å²) in [5, 5.41) is 3.37. The molecular formula is C15H14ClIN2O. The molecule has 20 heavy (non-hydrogen) atoms. The molecule has 1 unspecified atom stereocenters. The van der Waals surface area contributed by atoms with Gasteiger partial charge in [0.25, 0.3) is 0 Å². The van der Waals surface area contributed by atoms with Crippen LogP contribution in [0.1, 0.15) is 18.4 Å². The second-order valence-electron chi connectivity index (χ2n) is 4.51. The first-order valence-corrected chi connectivity index (χ1v) is 7.54. The van der Waals surface area contributed by atoms with Crippen molar-refractivity contribution in [2.24, 2.45) is 0 Å². The quantitative estimate of drug-likeness (QED) is 0.597. The predicted molar refractivity (Wildman–Crippen MR) is 92.1 cm³/mol. The Morgan fingerprint density at radius 1 is 1.30 bits per heavy atom. The van der Waals surface area contributed by atoms with Crippen LogP contribution in [-0.2, 0) is 4.79 Å². The number of nitrogen functional groups attached to an aromatic ring is 1. The van der Waals surface area contributed by atoms with Gasteiger partial charge in [-0.05, 0) is 65.4 Å². The molecule has 0 aliphatic carbocycles. The van der Waals surface area contributed by atoms with Crippen molar-refractivity contribution >= 4 is 51.5 Å². The molecule has 1 atom stereocenters. The largest absolute Gasteiger partial charge is 0.399 e. The van der Waals surface area contributed by atoms with Gasteiger partial charge in [-0.2, -0.15) is 0 Å². The zero-order valence-corrected chi connectivity index (χ0v) is 13.8. The Kier molecular flexibility index (Phi) is 4.88. The van der Waals surface area contributed by atoms with E-state index in [2.05, 4.69) is 27.9 Å². The SMILES string of the molecule is CC(C(=O)Nc1ccc(I)cc1Cl)c1cccc(N)c1. The maximum absolute atomic E-state index is 12.2. The van der Waals surface area contributed by atoms with Gasteiger partial charge in [-0.1, -0.05) is 23.7 Å². The number of carbonyl (C=O) groups excluding carboxylic acids is 1. The Morgan fingerprint density at radius 2 is 2.05 bits per heavy atom. The summed E-state index contributed by atoms with van der Waals surface area (Å²) >= 11 is 8.28. The van der Waals surface area contributed by atoms with Crippen molar-refractivity contribution in [1.82, 2.24) is 0 Å². The van der Waals surface area contributed by atoms with E-state index < -0.39 is 0 Å². The van der Waals surface area contributed by atoms with Crippen LogP contribution < -0.4 is 11.1 Å². The minimum atomic E-state index is -0.297. The van der Waals surface area contributed by atoms with Crippen LogP contribution in [0.3, 0.4) is 0 Å². The molecule has 2 rings (SSSR count). The van der Waals surface area contributed by atoms with Gasteiger partial charge < -0.3 is 11.1 Å². The lowest BCUT2D eigenvalue weighted by Gasteiger charge is -2.14. The Bertz CT molecular complexity index is 646. The van der Waals surface area contributed by atoms with Gasteiger partial charge in [0.1, 0.15) is 0 Å². The summed E-state index contributed by atoms with van der Waals surface area (Å²) in [6, 6.07) is 12.8. The molecule has 2 aromatic carbocycles. The number of hydrogen-bond donors (Lipinski definition) is 2. The smallest absolute Gasteiger partial charge is 0.231 e. The van der Waals surface area contributed by atoms with Gasteiger partial charge in [-0.25, -0.2) is 0 Å². The highest BCUT2D eigenvalue weighted by Gasteiger charge is 2.16. The zero-order valence-electron chi connectivity index (χ0n) is 10.9. The summed E-state index contributed by atoms with van der Waals surface area (Å²) in [6.45, 7) is 1.84. The molecule has 0 saturated carbocycles. The molecule has 2 aromatic rings. The van der Waals surface area contributed by atoms with Crippen LogP contribution >= 0.6 is 34.2 Å². The Balaban J connectivity index is 2.15. The second kappa shape index (κ2) is 6.45. The predicted octanol–water partition coefficient (Wildman–Crippen LogP) is 4.27. The van der Waals surface area contributed by atoms with Gasteiger partial charge in [0.15, 0.2) is 0 Å². The highest BCUT2D eigenvalue weighted by atomic mass is 127. The fraction of sp³-hybridized carbons (Fsp3) is 0.133. The fourth-order valence-electron chi connectivity index (χ4n) is 1.81. The normalized spacial score (nSPS) is 11.9. The third-order valence-corrected chi connectivity index (χ3v) is 3.98. The minimum absolute atomic E-state index is 0.112. The summed E-state index contributed by atoms with van der Waals surface area (Å²) in [6.07, 6.45) is 0. The van der Waals surface area contributed by atoms with Gasteiger partial charge in [-0.15, -0.1) is 0 Å². The van der Waals surface area contributed by atoms with Crippen LogP contribution in [0, 0.1) is 3.57 Å². The number of halogens is 2. The molecular weight excluding hydrogens is 387 g/mol. The number of hydrogen-bond acceptors (Lipinski definition) is 2. The number of nitrogens with two attached hydrogens (primary N) is 1. The first-order chi connectivity index (χ1) is 9.47. The van der Waals surface area contributed by atoms with Gasteiger partial charge in [-0.3, -0.25) is 4.79 Å². The maximum atomic E-state index is 12.2. The van der Waals surface area contributed by atoms with E-state index in [1.165, 1.54) is 0 Å². The standard InChI is InChI=1S/C15H14ClIN2O/c1-9(10-3-2-4-12(18)7-10)15(20)19-14-6-5-11(17)8-13(14)16/h2-9H,18H2,1H3,(H,19,20). The van der Waals surface area contributed by atoms with E-state index in [1.807, 2.05) is 31.2 Å². The van der Waals surface area contributed by atoms with Gasteiger partial charge >= 0.3 is 0 Å². The van der Waals surface area contributed by atoms with Gasteiger partial charge in [0.2, 0.25) is 5.91 Å². The summed E-state index contributed by atoms with van der Waals surface area (Å²) in [4.78, 5) is 12.2. The number of benzene rings is 2. The van der Waals surface area contributed by atoms with E-state index >= 15 is 0 Å². The van der Waals surface area contributed by atoms with Gasteiger partial charge in [0, 0.05) is 9.26 Å². The Morgan fingerprint density at radius 3 is 2.70 bits per heavy atom. The second-order valence-corrected chi connectivity index (χ2v) is 6.16. The van der Waals surface area contributed by atoms with E-state index in [0.717, 1.165) is 9.13 Å². The van der Waals surface area contributed by atoms with E-state index in [0.29, 0.717) is 16.4 Å². The molecule has 0 spiro atoms. The van der Waals surface area contributed by atoms with Gasteiger partial charge in [0.05, 0.1) is 16.6 Å². The number of amides is 1. The summed E-state index contributed by atoms with van der Waals surface area (Å²) in [5.41, 5.74) is 7.88. The molecule has 104 valence electrons. The van der Waals surface area contributed by atoms with Crippen molar-refractivity contribution in [2.45, 2.75) is 12.8 Å². The third kappa shape index (κ3) is 3.64. The third-order valence-electron chi connectivity index (χ3n) is 2.99. The molecule has 0 aliphatic rings. The number of anilines is 2. The fourth-order valence-corrected chi connectivity index (χ4v) is 2.71. The molecule has 0 fully saturated rings. The van der Waals surface area contributed by atoms with Crippen molar-refractivity contribution in [2.75, 3.05) is 11.1 Å². The molecule has 0 radical (unpaired) electrons. The first-order valence-electron chi connectivity index (χ1n) is 6.08. The number of rotatable bonds is 3. The molecule has 0 aromatic heterocycles. The molecule has 1 amide bonds. The Labute approximate surface area is 136 Å². The van der Waals surface area contributed by atoms with Crippen LogP contribution in [0.2, 0.25) is 5.02 Å². The van der Waals surface area contributed by atoms with Crippen molar-refractivity contribution in [3.05, 3.63) is 56.6 Å². The van der Waals surface area contributed by atoms with Crippen molar-refractivity contribution in [3.63, 3.8) is 0 Å². The molecule has 0 aliphatic heterocycles. The van der Waals surface area contributed by atoms with Crippen LogP contribution in [0.5, 0.6) is 0 Å². The summed E-state index contributed by atoms with van der Waals surface area (Å²) in [5.74, 6) is -0.410. The topological polar surface area (TPSA) is 55.1 Å². The Hall–Kier alpha value is -1.27. The van der Waals surface area contributed by atoms with E-state index in [-0.39, 0.29) is 11.8 Å². The van der Waals surface area contributed by atoms with Crippen LogP contribution in [0.25, 0.3) is 0 Å². The highest BCUT2D eigenvalue weighted by molar-refractivity contribution is 14.1. The maximum Gasteiger partial charge on any atom is 0.231 e. The zero-order chi connectivity index (χ0) is 14.7. The average Bonchev–Trinajstić information content (AvgIpc) is 2.41. The number of nitrogens with one attached hydrogen (secondary N) is 1. The lowest BCUT2D eigenvalue weighted by atomic mass is 10.00. The van der Waals surface area contributed by atoms with Crippen LogP contribution in [-0.4, -0.2) is 5.91 Å². The molecule has 5 heteroatoms. The molecule has 3 nitrogen and oxygen atoms in total. The molecule has 0 heterocycles. The van der Waals surface area contributed by atoms with E-state index in [1.54, 1.807) is 18.2 Å². The lowest BCUT2D eigenvalue weighted by Crippen LogP contribution is -2.19. The minimum Gasteiger partial charge on any atom is -0.399 e. The van der Waals surface area contributed by atoms with Crippen molar-refractivity contribution in [1.29, 1.82) is 0 Å². The van der Waals surface area contributed by atoms with E-state index in [4.69, 9.17) is 17.3 Å². The van der Waals surface area contributed by atoms with Crippen LogP contribution in [0.4, 0.5) is 11.4 Å². The first kappa shape index (κ1) is 15.1. The monoisotopic (exact) mass is 400 g/mol. The van der Waals surface area contributed by atoms with Crippen molar-refractivity contribution in [3.8, 4) is 0 Å². The summed E-state index contributed by atoms with van der Waals surface area (Å²) in [7, 11) is 0. The van der Waals surface area contributed by atoms with Crippen molar-refractivity contribution < 1.29 is 4.79 Å². The summed E-state index contributed by atoms with van der Waals surface area (Å²) < 4.78 is 1.02. The van der Waals surface area contributed by atoms with E-state index in [9.17, 15) is 4.79 Å². The van der Waals surface area contributed by atoms with Crippen LogP contribution in [0.15, 0.2) is 42.5 Å².